The average Bonchev–Trinajstić information content (AvgIpc) is 2.83. The molecule has 0 unspecified atom stereocenters. The van der Waals surface area contributed by atoms with Crippen LogP contribution in [0.1, 0.15) is 52.7 Å². The number of aromatic nitrogens is 2. The SMILES string of the molecule is CC(C)(C)[Si](C)(C)OCc1ccccc1S.CC(C)(C)[Si](C)(C)OCc1ccccc1Sc1cncnc1. The molecule has 1 heterocycles. The molecule has 0 saturated heterocycles. The summed E-state index contributed by atoms with van der Waals surface area (Å²) in [6.45, 7) is 24.0. The second kappa shape index (κ2) is 13.8. The number of hydrogen-bond donors (Lipinski definition) is 1. The van der Waals surface area contributed by atoms with E-state index in [1.807, 2.05) is 30.6 Å². The zero-order valence-corrected chi connectivity index (χ0v) is 28.5. The van der Waals surface area contributed by atoms with Crippen LogP contribution >= 0.6 is 24.4 Å². The zero-order chi connectivity index (χ0) is 28.6. The Labute approximate surface area is 243 Å². The quantitative estimate of drug-likeness (QED) is 0.210. The van der Waals surface area contributed by atoms with Crippen molar-refractivity contribution in [1.29, 1.82) is 0 Å². The smallest absolute Gasteiger partial charge is 0.192 e. The lowest BCUT2D eigenvalue weighted by Gasteiger charge is -2.36. The molecule has 38 heavy (non-hydrogen) atoms. The van der Waals surface area contributed by atoms with Crippen LogP contribution in [-0.4, -0.2) is 26.6 Å². The Morgan fingerprint density at radius 3 is 1.66 bits per heavy atom. The maximum Gasteiger partial charge on any atom is 0.192 e. The second-order valence-electron chi connectivity index (χ2n) is 12.5. The predicted molar refractivity (Wildman–Crippen MR) is 170 cm³/mol. The molecular weight excluding hydrogens is 541 g/mol. The molecule has 208 valence electrons. The van der Waals surface area contributed by atoms with Gasteiger partial charge in [0.2, 0.25) is 0 Å². The molecule has 0 aliphatic rings. The molecule has 0 bridgehead atoms. The van der Waals surface area contributed by atoms with Crippen molar-refractivity contribution in [2.24, 2.45) is 0 Å². The summed E-state index contributed by atoms with van der Waals surface area (Å²) in [5.74, 6) is 0. The largest absolute Gasteiger partial charge is 0.413 e. The van der Waals surface area contributed by atoms with Crippen molar-refractivity contribution in [3.63, 3.8) is 0 Å². The molecule has 0 N–H and O–H groups in total. The van der Waals surface area contributed by atoms with Gasteiger partial charge in [-0.15, -0.1) is 12.6 Å². The van der Waals surface area contributed by atoms with Crippen molar-refractivity contribution in [2.75, 3.05) is 0 Å². The number of nitrogens with zero attached hydrogens (tertiary/aromatic N) is 2. The van der Waals surface area contributed by atoms with Gasteiger partial charge in [-0.05, 0) is 59.5 Å². The molecule has 0 aliphatic carbocycles. The van der Waals surface area contributed by atoms with Gasteiger partial charge in [0.25, 0.3) is 0 Å². The first kappa shape index (κ1) is 32.8. The zero-order valence-electron chi connectivity index (χ0n) is 24.8. The highest BCUT2D eigenvalue weighted by Crippen LogP contribution is 2.39. The summed E-state index contributed by atoms with van der Waals surface area (Å²) in [5, 5.41) is 0.487. The monoisotopic (exact) mass is 586 g/mol. The summed E-state index contributed by atoms with van der Waals surface area (Å²) >= 11 is 6.12. The van der Waals surface area contributed by atoms with Gasteiger partial charge >= 0.3 is 0 Å². The third kappa shape index (κ3) is 9.95. The molecule has 4 nitrogen and oxygen atoms in total. The van der Waals surface area contributed by atoms with E-state index in [1.54, 1.807) is 18.1 Å². The fourth-order valence-electron chi connectivity index (χ4n) is 2.77. The van der Waals surface area contributed by atoms with Crippen LogP contribution < -0.4 is 0 Å². The first-order chi connectivity index (χ1) is 17.5. The molecule has 0 radical (unpaired) electrons. The molecular formula is C30H46N2O2S2Si2. The van der Waals surface area contributed by atoms with Crippen molar-refractivity contribution in [3.8, 4) is 0 Å². The Morgan fingerprint density at radius 2 is 1.16 bits per heavy atom. The topological polar surface area (TPSA) is 44.2 Å². The van der Waals surface area contributed by atoms with Gasteiger partial charge in [0.05, 0.1) is 13.2 Å². The van der Waals surface area contributed by atoms with Crippen LogP contribution in [0.4, 0.5) is 0 Å². The van der Waals surface area contributed by atoms with Crippen molar-refractivity contribution in [2.45, 2.75) is 106 Å². The normalized spacial score (nSPS) is 12.6. The van der Waals surface area contributed by atoms with E-state index in [1.165, 1.54) is 16.0 Å². The number of rotatable bonds is 8. The van der Waals surface area contributed by atoms with Crippen LogP contribution in [0.2, 0.25) is 36.3 Å². The lowest BCUT2D eigenvalue weighted by molar-refractivity contribution is 0.274. The molecule has 3 aromatic rings. The van der Waals surface area contributed by atoms with Crippen molar-refractivity contribution in [3.05, 3.63) is 78.4 Å². The summed E-state index contributed by atoms with van der Waals surface area (Å²) in [6, 6.07) is 16.5. The average molecular weight is 587 g/mol. The van der Waals surface area contributed by atoms with Crippen molar-refractivity contribution < 1.29 is 8.85 Å². The Morgan fingerprint density at radius 1 is 0.711 bits per heavy atom. The van der Waals surface area contributed by atoms with Gasteiger partial charge in [-0.3, -0.25) is 0 Å². The lowest BCUT2D eigenvalue weighted by Crippen LogP contribution is -2.40. The van der Waals surface area contributed by atoms with E-state index in [-0.39, 0.29) is 10.1 Å². The minimum atomic E-state index is -1.74. The molecule has 8 heteroatoms. The Balaban J connectivity index is 0.000000281. The van der Waals surface area contributed by atoms with Gasteiger partial charge in [-0.2, -0.15) is 0 Å². The Hall–Kier alpha value is -1.43. The molecule has 0 aliphatic heterocycles. The number of hydrogen-bond acceptors (Lipinski definition) is 6. The van der Waals surface area contributed by atoms with Crippen molar-refractivity contribution >= 4 is 41.0 Å². The van der Waals surface area contributed by atoms with E-state index in [2.05, 4.69) is 121 Å². The van der Waals surface area contributed by atoms with E-state index in [9.17, 15) is 0 Å². The molecule has 0 saturated carbocycles. The summed E-state index contributed by atoms with van der Waals surface area (Å²) in [7, 11) is -3.38. The van der Waals surface area contributed by atoms with Gasteiger partial charge < -0.3 is 8.85 Å². The molecule has 2 aromatic carbocycles. The van der Waals surface area contributed by atoms with Gasteiger partial charge in [-0.25, -0.2) is 9.97 Å². The number of thiol groups is 1. The summed E-state index contributed by atoms with van der Waals surface area (Å²) in [5.41, 5.74) is 2.40. The molecule has 0 atom stereocenters. The highest BCUT2D eigenvalue weighted by molar-refractivity contribution is 7.99. The maximum atomic E-state index is 6.35. The minimum Gasteiger partial charge on any atom is -0.413 e. The van der Waals surface area contributed by atoms with E-state index in [0.717, 1.165) is 9.79 Å². The van der Waals surface area contributed by atoms with Crippen LogP contribution in [0.25, 0.3) is 0 Å². The van der Waals surface area contributed by atoms with Crippen LogP contribution in [0, 0.1) is 0 Å². The summed E-state index contributed by atoms with van der Waals surface area (Å²) in [6.07, 6.45) is 5.23. The minimum absolute atomic E-state index is 0.225. The van der Waals surface area contributed by atoms with Crippen LogP contribution in [0.15, 0.2) is 81.9 Å². The van der Waals surface area contributed by atoms with Crippen LogP contribution in [0.3, 0.4) is 0 Å². The van der Waals surface area contributed by atoms with E-state index >= 15 is 0 Å². The van der Waals surface area contributed by atoms with Gasteiger partial charge in [0.15, 0.2) is 16.6 Å². The van der Waals surface area contributed by atoms with Gasteiger partial charge in [0, 0.05) is 27.1 Å². The highest BCUT2D eigenvalue weighted by atomic mass is 32.2. The summed E-state index contributed by atoms with van der Waals surface area (Å²) < 4.78 is 12.5. The molecule has 1 aromatic heterocycles. The molecule has 3 rings (SSSR count). The molecule has 0 spiro atoms. The molecule has 0 amide bonds. The fraction of sp³-hybridized carbons (Fsp3) is 0.467. The van der Waals surface area contributed by atoms with E-state index in [4.69, 9.17) is 8.85 Å². The van der Waals surface area contributed by atoms with Crippen LogP contribution in [-0.2, 0) is 22.1 Å². The highest BCUT2D eigenvalue weighted by Gasteiger charge is 2.38. The predicted octanol–water partition coefficient (Wildman–Crippen LogP) is 9.65. The van der Waals surface area contributed by atoms with Gasteiger partial charge in [-0.1, -0.05) is 89.7 Å². The molecule has 0 fully saturated rings. The lowest BCUT2D eigenvalue weighted by atomic mass is 10.2. The second-order valence-corrected chi connectivity index (χ2v) is 23.7. The Bertz CT molecular complexity index is 1140. The fourth-order valence-corrected chi connectivity index (χ4v) is 5.78. The maximum absolute atomic E-state index is 6.35. The Kier molecular flexibility index (Phi) is 11.9. The number of benzene rings is 2. The van der Waals surface area contributed by atoms with Crippen molar-refractivity contribution in [1.82, 2.24) is 9.97 Å². The van der Waals surface area contributed by atoms with E-state index in [0.29, 0.717) is 13.2 Å². The van der Waals surface area contributed by atoms with Gasteiger partial charge in [0.1, 0.15) is 6.33 Å². The first-order valence-electron chi connectivity index (χ1n) is 13.1. The summed E-state index contributed by atoms with van der Waals surface area (Å²) in [4.78, 5) is 11.4. The van der Waals surface area contributed by atoms with E-state index < -0.39 is 16.6 Å². The first-order valence-corrected chi connectivity index (χ1v) is 20.2. The standard InChI is InChI=1S/C17H24N2OSSi.C13H22OSSi/c1-17(2,3)22(4,5)20-12-14-8-6-7-9-16(14)21-15-10-18-13-19-11-15;1-13(2,3)16(4,5)14-10-11-8-6-7-9-12(11)15/h6-11,13H,12H2,1-5H3;6-9,15H,10H2,1-5H3. The third-order valence-corrected chi connectivity index (χ3v) is 18.0. The van der Waals surface area contributed by atoms with Crippen LogP contribution in [0.5, 0.6) is 0 Å². The third-order valence-electron chi connectivity index (χ3n) is 7.52.